The van der Waals surface area contributed by atoms with Crippen LogP contribution in [-0.4, -0.2) is 42.3 Å². The molecule has 4 rings (SSSR count). The number of carbonyl (C=O) groups is 3. The van der Waals surface area contributed by atoms with E-state index >= 15 is 0 Å². The molecule has 1 fully saturated rings. The van der Waals surface area contributed by atoms with E-state index in [2.05, 4.69) is 34.9 Å². The average molecular weight is 465 g/mol. The lowest BCUT2D eigenvalue weighted by Crippen LogP contribution is -2.43. The largest absolute Gasteiger partial charge is 0.481 e. The molecule has 2 amide bonds. The Bertz CT molecular complexity index is 1010. The standard InChI is InChI=1S/C27H32N2O5/c1-17(13-25(30)31)15-28-26(32)18-7-6-8-19(14-18)29-27(33)34-16-24-22-11-4-2-9-20(22)21-10-3-5-12-23(21)24/h2-5,9-12,17-19,24H,6-8,13-16H2,1H3,(H,28,32)(H,29,33)(H,30,31). The molecular weight excluding hydrogens is 432 g/mol. The molecule has 0 radical (unpaired) electrons. The third-order valence-corrected chi connectivity index (χ3v) is 6.86. The fraction of sp³-hybridized carbons (Fsp3) is 0.444. The maximum absolute atomic E-state index is 12.6. The van der Waals surface area contributed by atoms with Gasteiger partial charge in [-0.3, -0.25) is 9.59 Å². The number of rotatable bonds is 8. The highest BCUT2D eigenvalue weighted by Gasteiger charge is 2.31. The van der Waals surface area contributed by atoms with Crippen LogP contribution in [0.2, 0.25) is 0 Å². The monoisotopic (exact) mass is 464 g/mol. The number of carboxylic acids is 1. The minimum absolute atomic E-state index is 0.0100. The number of carbonyl (C=O) groups excluding carboxylic acids is 2. The minimum Gasteiger partial charge on any atom is -0.481 e. The van der Waals surface area contributed by atoms with Gasteiger partial charge in [0.05, 0.1) is 0 Å². The highest BCUT2D eigenvalue weighted by atomic mass is 16.5. The predicted octanol–water partition coefficient (Wildman–Crippen LogP) is 4.31. The molecule has 0 bridgehead atoms. The number of hydrogen-bond donors (Lipinski definition) is 3. The molecule has 3 unspecified atom stereocenters. The molecule has 2 aromatic rings. The summed E-state index contributed by atoms with van der Waals surface area (Å²) < 4.78 is 5.65. The normalized spacial score (nSPS) is 20.0. The first-order valence-corrected chi connectivity index (χ1v) is 12.0. The second-order valence-corrected chi connectivity index (χ2v) is 9.48. The molecule has 7 heteroatoms. The molecule has 0 spiro atoms. The van der Waals surface area contributed by atoms with Gasteiger partial charge in [-0.05, 0) is 47.4 Å². The summed E-state index contributed by atoms with van der Waals surface area (Å²) in [5.74, 6) is -1.25. The van der Waals surface area contributed by atoms with Gasteiger partial charge in [0.2, 0.25) is 5.91 Å². The van der Waals surface area contributed by atoms with E-state index in [0.29, 0.717) is 13.0 Å². The molecule has 2 aliphatic rings. The van der Waals surface area contributed by atoms with Gasteiger partial charge in [0.1, 0.15) is 6.61 Å². The van der Waals surface area contributed by atoms with Crippen molar-refractivity contribution in [1.29, 1.82) is 0 Å². The first kappa shape index (κ1) is 23.8. The van der Waals surface area contributed by atoms with Crippen LogP contribution in [-0.2, 0) is 14.3 Å². The van der Waals surface area contributed by atoms with Crippen molar-refractivity contribution in [2.75, 3.05) is 13.2 Å². The lowest BCUT2D eigenvalue weighted by molar-refractivity contribution is -0.138. The second kappa shape index (κ2) is 10.7. The highest BCUT2D eigenvalue weighted by Crippen LogP contribution is 2.44. The third kappa shape index (κ3) is 5.58. The predicted molar refractivity (Wildman–Crippen MR) is 128 cm³/mol. The van der Waals surface area contributed by atoms with Crippen molar-refractivity contribution in [2.24, 2.45) is 11.8 Å². The summed E-state index contributed by atoms with van der Waals surface area (Å²) in [4.78, 5) is 35.9. The Hall–Kier alpha value is -3.35. The molecule has 180 valence electrons. The van der Waals surface area contributed by atoms with Crippen molar-refractivity contribution in [2.45, 2.75) is 51.0 Å². The van der Waals surface area contributed by atoms with Crippen LogP contribution in [0.15, 0.2) is 48.5 Å². The van der Waals surface area contributed by atoms with Gasteiger partial charge >= 0.3 is 12.1 Å². The molecule has 1 saturated carbocycles. The molecule has 0 aromatic heterocycles. The summed E-state index contributed by atoms with van der Waals surface area (Å²) in [6.07, 6.45) is 2.55. The summed E-state index contributed by atoms with van der Waals surface area (Å²) in [6, 6.07) is 16.3. The topological polar surface area (TPSA) is 105 Å². The fourth-order valence-electron chi connectivity index (χ4n) is 5.16. The van der Waals surface area contributed by atoms with Crippen molar-refractivity contribution in [3.8, 4) is 11.1 Å². The number of nitrogens with one attached hydrogen (secondary N) is 2. The number of alkyl carbamates (subject to hydrolysis) is 1. The molecule has 2 aliphatic carbocycles. The van der Waals surface area contributed by atoms with Crippen LogP contribution in [0.5, 0.6) is 0 Å². The van der Waals surface area contributed by atoms with Gasteiger partial charge in [-0.1, -0.05) is 61.9 Å². The lowest BCUT2D eigenvalue weighted by Gasteiger charge is -2.29. The SMILES string of the molecule is CC(CNC(=O)C1CCCC(NC(=O)OCC2c3ccccc3-c3ccccc32)C1)CC(=O)O. The van der Waals surface area contributed by atoms with E-state index in [4.69, 9.17) is 9.84 Å². The van der Waals surface area contributed by atoms with Crippen LogP contribution >= 0.6 is 0 Å². The maximum Gasteiger partial charge on any atom is 0.407 e. The van der Waals surface area contributed by atoms with Crippen LogP contribution in [0.1, 0.15) is 56.1 Å². The Morgan fingerprint density at radius 2 is 1.68 bits per heavy atom. The van der Waals surface area contributed by atoms with Crippen LogP contribution in [0.4, 0.5) is 4.79 Å². The van der Waals surface area contributed by atoms with Gasteiger partial charge in [-0.2, -0.15) is 0 Å². The van der Waals surface area contributed by atoms with Gasteiger partial charge in [-0.15, -0.1) is 0 Å². The van der Waals surface area contributed by atoms with E-state index in [-0.39, 0.29) is 42.7 Å². The fourth-order valence-corrected chi connectivity index (χ4v) is 5.16. The first-order chi connectivity index (χ1) is 16.4. The van der Waals surface area contributed by atoms with Gasteiger partial charge in [0, 0.05) is 30.8 Å². The number of carboxylic acid groups (broad SMARTS) is 1. The third-order valence-electron chi connectivity index (χ3n) is 6.86. The Morgan fingerprint density at radius 1 is 1.03 bits per heavy atom. The van der Waals surface area contributed by atoms with E-state index in [1.165, 1.54) is 22.3 Å². The Kier molecular flexibility index (Phi) is 7.50. The van der Waals surface area contributed by atoms with Crippen molar-refractivity contribution >= 4 is 18.0 Å². The molecule has 2 aromatic carbocycles. The van der Waals surface area contributed by atoms with Crippen LogP contribution in [0, 0.1) is 11.8 Å². The van der Waals surface area contributed by atoms with Crippen molar-refractivity contribution in [3.63, 3.8) is 0 Å². The van der Waals surface area contributed by atoms with E-state index in [0.717, 1.165) is 19.3 Å². The smallest absolute Gasteiger partial charge is 0.407 e. The summed E-state index contributed by atoms with van der Waals surface area (Å²) >= 11 is 0. The molecule has 34 heavy (non-hydrogen) atoms. The minimum atomic E-state index is -0.869. The number of aliphatic carboxylic acids is 1. The van der Waals surface area contributed by atoms with E-state index < -0.39 is 12.1 Å². The Labute approximate surface area is 199 Å². The number of fused-ring (bicyclic) bond motifs is 3. The molecular formula is C27H32N2O5. The van der Waals surface area contributed by atoms with Gasteiger partial charge in [-0.25, -0.2) is 4.79 Å². The average Bonchev–Trinajstić information content (AvgIpc) is 3.15. The molecule has 0 heterocycles. The van der Waals surface area contributed by atoms with E-state index in [1.807, 2.05) is 24.3 Å². The molecule has 3 atom stereocenters. The molecule has 0 saturated heterocycles. The summed E-state index contributed by atoms with van der Waals surface area (Å²) in [5.41, 5.74) is 4.71. The number of benzene rings is 2. The number of ether oxygens (including phenoxy) is 1. The van der Waals surface area contributed by atoms with Gasteiger partial charge in [0.15, 0.2) is 0 Å². The summed E-state index contributed by atoms with van der Waals surface area (Å²) in [5, 5.41) is 14.7. The quantitative estimate of drug-likeness (QED) is 0.540. The van der Waals surface area contributed by atoms with Crippen molar-refractivity contribution in [1.82, 2.24) is 10.6 Å². The van der Waals surface area contributed by atoms with E-state index in [9.17, 15) is 14.4 Å². The number of hydrogen-bond acceptors (Lipinski definition) is 4. The zero-order valence-corrected chi connectivity index (χ0v) is 19.5. The summed E-state index contributed by atoms with van der Waals surface area (Å²) in [6.45, 7) is 2.40. The maximum atomic E-state index is 12.6. The number of amides is 2. The molecule has 3 N–H and O–H groups in total. The van der Waals surface area contributed by atoms with Crippen LogP contribution < -0.4 is 10.6 Å². The van der Waals surface area contributed by atoms with Crippen LogP contribution in [0.3, 0.4) is 0 Å². The molecule has 0 aliphatic heterocycles. The lowest BCUT2D eigenvalue weighted by atomic mass is 9.85. The van der Waals surface area contributed by atoms with Crippen molar-refractivity contribution < 1.29 is 24.2 Å². The van der Waals surface area contributed by atoms with Gasteiger partial charge in [0.25, 0.3) is 0 Å². The van der Waals surface area contributed by atoms with E-state index in [1.54, 1.807) is 6.92 Å². The van der Waals surface area contributed by atoms with Crippen molar-refractivity contribution in [3.05, 3.63) is 59.7 Å². The zero-order valence-electron chi connectivity index (χ0n) is 19.5. The second-order valence-electron chi connectivity index (χ2n) is 9.48. The first-order valence-electron chi connectivity index (χ1n) is 12.0. The highest BCUT2D eigenvalue weighted by molar-refractivity contribution is 5.80. The zero-order chi connectivity index (χ0) is 24.1. The molecule has 7 nitrogen and oxygen atoms in total. The Morgan fingerprint density at radius 3 is 2.32 bits per heavy atom. The van der Waals surface area contributed by atoms with Gasteiger partial charge < -0.3 is 20.5 Å². The van der Waals surface area contributed by atoms with Crippen LogP contribution in [0.25, 0.3) is 11.1 Å². The Balaban J connectivity index is 1.27. The summed E-state index contributed by atoms with van der Waals surface area (Å²) in [7, 11) is 0.